The average Bonchev–Trinajstić information content (AvgIpc) is 2.87. The van der Waals surface area contributed by atoms with Gasteiger partial charge in [0.25, 0.3) is 0 Å². The molecule has 1 saturated heterocycles. The molecule has 0 saturated carbocycles. The molecule has 0 bridgehead atoms. The van der Waals surface area contributed by atoms with Crippen molar-refractivity contribution in [2.24, 2.45) is 5.92 Å². The van der Waals surface area contributed by atoms with Gasteiger partial charge in [-0.25, -0.2) is 4.79 Å². The van der Waals surface area contributed by atoms with E-state index in [4.69, 9.17) is 9.47 Å². The van der Waals surface area contributed by atoms with E-state index in [2.05, 4.69) is 4.90 Å². The van der Waals surface area contributed by atoms with Crippen LogP contribution in [0.2, 0.25) is 0 Å². The number of rotatable bonds is 4. The van der Waals surface area contributed by atoms with Gasteiger partial charge in [0.1, 0.15) is 0 Å². The van der Waals surface area contributed by atoms with Crippen LogP contribution in [0.4, 0.5) is 0 Å². The van der Waals surface area contributed by atoms with Crippen molar-refractivity contribution in [1.29, 1.82) is 0 Å². The van der Waals surface area contributed by atoms with E-state index < -0.39 is 0 Å². The van der Waals surface area contributed by atoms with Crippen LogP contribution in [0.5, 0.6) is 0 Å². The monoisotopic (exact) mass is 299 g/mol. The minimum atomic E-state index is -0.226. The van der Waals surface area contributed by atoms with E-state index in [1.54, 1.807) is 11.8 Å². The number of nitrogens with zero attached hydrogens (tertiary/aromatic N) is 1. The lowest BCUT2D eigenvalue weighted by atomic mass is 10.1. The highest BCUT2D eigenvalue weighted by molar-refractivity contribution is 8.03. The zero-order valence-corrected chi connectivity index (χ0v) is 13.2. The fraction of sp³-hybridized carbons (Fsp3) is 0.714. The number of hydrogen-bond donors (Lipinski definition) is 0. The molecule has 0 amide bonds. The number of carbonyl (C=O) groups is 2. The second kappa shape index (κ2) is 6.08. The van der Waals surface area contributed by atoms with E-state index in [9.17, 15) is 9.59 Å². The number of thioether (sulfide) groups is 1. The summed E-state index contributed by atoms with van der Waals surface area (Å²) in [4.78, 5) is 25.8. The van der Waals surface area contributed by atoms with Gasteiger partial charge in [-0.05, 0) is 13.8 Å². The van der Waals surface area contributed by atoms with E-state index >= 15 is 0 Å². The normalized spacial score (nSPS) is 25.1. The van der Waals surface area contributed by atoms with Crippen LogP contribution in [0.15, 0.2) is 10.6 Å². The summed E-state index contributed by atoms with van der Waals surface area (Å²) < 4.78 is 10.1. The molecule has 2 aliphatic rings. The van der Waals surface area contributed by atoms with E-state index in [-0.39, 0.29) is 30.0 Å². The molecule has 0 spiro atoms. The van der Waals surface area contributed by atoms with Gasteiger partial charge in [0.2, 0.25) is 0 Å². The fourth-order valence-electron chi connectivity index (χ4n) is 2.59. The average molecular weight is 299 g/mol. The standard InChI is InChI=1S/C14H21NO4S/c1-8(2)19-14(17)12-9(3)6-15-10(5-11(16)18-4)7-20-13(12)15/h8-10H,5-7H2,1-4H3. The Kier molecular flexibility index (Phi) is 4.62. The van der Waals surface area contributed by atoms with Gasteiger partial charge in [-0.15, -0.1) is 11.8 Å². The van der Waals surface area contributed by atoms with Crippen LogP contribution in [0.25, 0.3) is 0 Å². The largest absolute Gasteiger partial charge is 0.469 e. The zero-order valence-electron chi connectivity index (χ0n) is 12.3. The summed E-state index contributed by atoms with van der Waals surface area (Å²) in [6.07, 6.45) is 0.251. The minimum absolute atomic E-state index is 0.117. The SMILES string of the molecule is COC(=O)CC1CSC2=C(C(=O)OC(C)C)C(C)CN21. The lowest BCUT2D eigenvalue weighted by Crippen LogP contribution is -2.32. The summed E-state index contributed by atoms with van der Waals surface area (Å²) >= 11 is 1.64. The lowest BCUT2D eigenvalue weighted by Gasteiger charge is -2.22. The third kappa shape index (κ3) is 2.95. The predicted molar refractivity (Wildman–Crippen MR) is 77.0 cm³/mol. The maximum atomic E-state index is 12.2. The van der Waals surface area contributed by atoms with Crippen molar-refractivity contribution in [2.75, 3.05) is 19.4 Å². The van der Waals surface area contributed by atoms with Crippen molar-refractivity contribution in [3.63, 3.8) is 0 Å². The van der Waals surface area contributed by atoms with Crippen molar-refractivity contribution < 1.29 is 19.1 Å². The van der Waals surface area contributed by atoms with E-state index in [1.807, 2.05) is 20.8 Å². The third-order valence-corrected chi connectivity index (χ3v) is 4.78. The second-order valence-corrected chi connectivity index (χ2v) is 6.48. The van der Waals surface area contributed by atoms with Crippen molar-refractivity contribution in [3.8, 4) is 0 Å². The molecule has 2 atom stereocenters. The van der Waals surface area contributed by atoms with Crippen LogP contribution in [-0.2, 0) is 19.1 Å². The molecule has 20 heavy (non-hydrogen) atoms. The van der Waals surface area contributed by atoms with E-state index in [0.717, 1.165) is 22.9 Å². The summed E-state index contributed by atoms with van der Waals surface area (Å²) in [5.41, 5.74) is 0.760. The summed E-state index contributed by atoms with van der Waals surface area (Å²) in [5, 5.41) is 0.983. The van der Waals surface area contributed by atoms with Crippen LogP contribution in [0.1, 0.15) is 27.2 Å². The molecule has 5 nitrogen and oxygen atoms in total. The van der Waals surface area contributed by atoms with Crippen molar-refractivity contribution in [2.45, 2.75) is 39.3 Å². The molecular weight excluding hydrogens is 278 g/mol. The van der Waals surface area contributed by atoms with Gasteiger partial charge in [0.15, 0.2) is 0 Å². The van der Waals surface area contributed by atoms with Gasteiger partial charge in [-0.2, -0.15) is 0 Å². The number of carbonyl (C=O) groups excluding carboxylic acids is 2. The Morgan fingerprint density at radius 2 is 2.15 bits per heavy atom. The minimum Gasteiger partial charge on any atom is -0.469 e. The maximum Gasteiger partial charge on any atom is 0.337 e. The summed E-state index contributed by atoms with van der Waals surface area (Å²) in [6.45, 7) is 6.50. The molecule has 1 fully saturated rings. The predicted octanol–water partition coefficient (Wildman–Crippen LogP) is 1.78. The Hall–Kier alpha value is -1.17. The Balaban J connectivity index is 2.14. The van der Waals surface area contributed by atoms with E-state index in [1.165, 1.54) is 7.11 Å². The molecule has 0 N–H and O–H groups in total. The van der Waals surface area contributed by atoms with Crippen molar-refractivity contribution in [1.82, 2.24) is 4.90 Å². The van der Waals surface area contributed by atoms with Gasteiger partial charge in [0, 0.05) is 24.3 Å². The topological polar surface area (TPSA) is 55.8 Å². The highest BCUT2D eigenvalue weighted by Crippen LogP contribution is 2.44. The van der Waals surface area contributed by atoms with Crippen molar-refractivity contribution >= 4 is 23.7 Å². The highest BCUT2D eigenvalue weighted by Gasteiger charge is 2.42. The zero-order chi connectivity index (χ0) is 14.9. The molecule has 2 rings (SSSR count). The molecule has 6 heteroatoms. The van der Waals surface area contributed by atoms with Gasteiger partial charge < -0.3 is 14.4 Å². The molecule has 112 valence electrons. The third-order valence-electron chi connectivity index (χ3n) is 3.50. The molecule has 0 radical (unpaired) electrons. The Morgan fingerprint density at radius 1 is 1.45 bits per heavy atom. The van der Waals surface area contributed by atoms with Crippen LogP contribution < -0.4 is 0 Å². The first kappa shape index (κ1) is 15.2. The van der Waals surface area contributed by atoms with Crippen LogP contribution in [0, 0.1) is 5.92 Å². The Bertz CT molecular complexity index is 446. The van der Waals surface area contributed by atoms with Gasteiger partial charge in [-0.3, -0.25) is 4.79 Å². The molecule has 2 aliphatic heterocycles. The summed E-state index contributed by atoms with van der Waals surface area (Å²) in [5.74, 6) is 0.526. The smallest absolute Gasteiger partial charge is 0.337 e. The quantitative estimate of drug-likeness (QED) is 0.738. The molecule has 0 aliphatic carbocycles. The first-order valence-corrected chi connectivity index (χ1v) is 7.84. The number of hydrogen-bond acceptors (Lipinski definition) is 6. The maximum absolute atomic E-state index is 12.2. The number of ether oxygens (including phenoxy) is 2. The van der Waals surface area contributed by atoms with Gasteiger partial charge in [0.05, 0.1) is 30.2 Å². The lowest BCUT2D eigenvalue weighted by molar-refractivity contribution is -0.143. The van der Waals surface area contributed by atoms with E-state index in [0.29, 0.717) is 6.42 Å². The molecular formula is C14H21NO4S. The summed E-state index contributed by atoms with van der Waals surface area (Å²) in [6, 6.07) is 0.120. The first-order valence-electron chi connectivity index (χ1n) is 6.85. The molecule has 2 heterocycles. The first-order chi connectivity index (χ1) is 9.43. The van der Waals surface area contributed by atoms with Crippen LogP contribution in [-0.4, -0.2) is 48.4 Å². The number of fused-ring (bicyclic) bond motifs is 1. The van der Waals surface area contributed by atoms with Crippen molar-refractivity contribution in [3.05, 3.63) is 10.6 Å². The highest BCUT2D eigenvalue weighted by atomic mass is 32.2. The summed E-state index contributed by atoms with van der Waals surface area (Å²) in [7, 11) is 1.40. The Morgan fingerprint density at radius 3 is 2.75 bits per heavy atom. The van der Waals surface area contributed by atoms with Crippen LogP contribution in [0.3, 0.4) is 0 Å². The molecule has 0 aromatic rings. The number of esters is 2. The van der Waals surface area contributed by atoms with Crippen LogP contribution >= 0.6 is 11.8 Å². The van der Waals surface area contributed by atoms with Gasteiger partial charge >= 0.3 is 11.9 Å². The van der Waals surface area contributed by atoms with Gasteiger partial charge in [-0.1, -0.05) is 6.92 Å². The molecule has 0 aromatic carbocycles. The second-order valence-electron chi connectivity index (χ2n) is 5.47. The number of methoxy groups -OCH3 is 1. The fourth-order valence-corrected chi connectivity index (χ4v) is 4.06. The Labute approximate surface area is 123 Å². The molecule has 0 aromatic heterocycles. The molecule has 2 unspecified atom stereocenters.